The predicted octanol–water partition coefficient (Wildman–Crippen LogP) is 4.70. The second kappa shape index (κ2) is 7.36. The van der Waals surface area contributed by atoms with Gasteiger partial charge in [0.1, 0.15) is 11.6 Å². The maximum Gasteiger partial charge on any atom is 0.145 e. The van der Waals surface area contributed by atoms with Gasteiger partial charge in [-0.05, 0) is 28.8 Å². The Labute approximate surface area is 138 Å². The minimum absolute atomic E-state index is 0.389. The van der Waals surface area contributed by atoms with Crippen LogP contribution in [-0.2, 0) is 0 Å². The van der Waals surface area contributed by atoms with Crippen molar-refractivity contribution >= 4 is 45.3 Å². The van der Waals surface area contributed by atoms with Gasteiger partial charge in [0.05, 0.1) is 15.4 Å². The smallest absolute Gasteiger partial charge is 0.145 e. The van der Waals surface area contributed by atoms with Crippen LogP contribution in [0.15, 0.2) is 4.47 Å². The van der Waals surface area contributed by atoms with Gasteiger partial charge in [0.25, 0.3) is 0 Å². The average Bonchev–Trinajstić information content (AvgIpc) is 2.41. The van der Waals surface area contributed by atoms with Crippen LogP contribution in [0.4, 0.5) is 5.82 Å². The molecule has 0 saturated carbocycles. The Kier molecular flexibility index (Phi) is 6.05. The van der Waals surface area contributed by atoms with Gasteiger partial charge in [-0.2, -0.15) is 11.8 Å². The minimum Gasteiger partial charge on any atom is -0.369 e. The fourth-order valence-electron chi connectivity index (χ4n) is 2.19. The number of anilines is 1. The highest BCUT2D eigenvalue weighted by atomic mass is 79.9. The van der Waals surface area contributed by atoms with Gasteiger partial charge in [0.15, 0.2) is 0 Å². The highest BCUT2D eigenvalue weighted by Crippen LogP contribution is 2.42. The molecule has 0 spiro atoms. The SMILES string of the molecule is CCNc1nc(C2SCCSC2C)nc(C(C)C)c1Br. The molecule has 2 atom stereocenters. The molecule has 0 radical (unpaired) electrons. The number of nitrogens with one attached hydrogen (secondary N) is 1. The van der Waals surface area contributed by atoms with E-state index in [9.17, 15) is 0 Å². The molecule has 0 bridgehead atoms. The summed E-state index contributed by atoms with van der Waals surface area (Å²) in [7, 11) is 0. The highest BCUT2D eigenvalue weighted by molar-refractivity contribution is 9.10. The van der Waals surface area contributed by atoms with Gasteiger partial charge in [0.2, 0.25) is 0 Å². The van der Waals surface area contributed by atoms with E-state index >= 15 is 0 Å². The first-order chi connectivity index (χ1) is 9.54. The fraction of sp³-hybridized carbons (Fsp3) is 0.714. The van der Waals surface area contributed by atoms with E-state index in [-0.39, 0.29) is 0 Å². The van der Waals surface area contributed by atoms with Crippen LogP contribution in [0, 0.1) is 0 Å². The van der Waals surface area contributed by atoms with Crippen molar-refractivity contribution in [3.05, 3.63) is 16.0 Å². The first-order valence-corrected chi connectivity index (χ1v) is 9.98. The summed E-state index contributed by atoms with van der Waals surface area (Å²) in [5.41, 5.74) is 1.11. The van der Waals surface area contributed by atoms with E-state index in [1.807, 2.05) is 23.5 Å². The summed E-state index contributed by atoms with van der Waals surface area (Å²) < 4.78 is 1.01. The molecule has 0 aromatic carbocycles. The molecule has 0 aliphatic carbocycles. The van der Waals surface area contributed by atoms with Crippen molar-refractivity contribution in [1.82, 2.24) is 9.97 Å². The fourth-order valence-corrected chi connectivity index (χ4v) is 5.66. The molecule has 1 aromatic heterocycles. The van der Waals surface area contributed by atoms with E-state index in [4.69, 9.17) is 9.97 Å². The quantitative estimate of drug-likeness (QED) is 0.824. The zero-order valence-electron chi connectivity index (χ0n) is 12.4. The molecular weight excluding hydrogens is 354 g/mol. The van der Waals surface area contributed by atoms with Crippen molar-refractivity contribution in [2.45, 2.75) is 44.1 Å². The normalized spacial score (nSPS) is 23.1. The molecule has 1 aromatic rings. The summed E-state index contributed by atoms with van der Waals surface area (Å²) in [4.78, 5) is 9.63. The average molecular weight is 376 g/mol. The molecule has 2 unspecified atom stereocenters. The second-order valence-corrected chi connectivity index (χ2v) is 8.71. The molecular formula is C14H22BrN3S2. The van der Waals surface area contributed by atoms with Crippen molar-refractivity contribution in [3.8, 4) is 0 Å². The first-order valence-electron chi connectivity index (χ1n) is 7.09. The first kappa shape index (κ1) is 16.4. The highest BCUT2D eigenvalue weighted by Gasteiger charge is 2.28. The number of hydrogen-bond acceptors (Lipinski definition) is 5. The van der Waals surface area contributed by atoms with E-state index in [0.29, 0.717) is 16.4 Å². The Morgan fingerprint density at radius 3 is 2.60 bits per heavy atom. The number of aromatic nitrogens is 2. The standard InChI is InChI=1S/C14H22BrN3S2/c1-5-16-13-10(15)11(8(2)3)17-14(18-13)12-9(4)19-6-7-20-12/h8-9,12H,5-7H2,1-4H3,(H,16,17,18). The van der Waals surface area contributed by atoms with Crippen LogP contribution in [0.5, 0.6) is 0 Å². The molecule has 1 aliphatic rings. The Hall–Kier alpha value is 0.0600. The van der Waals surface area contributed by atoms with Crippen LogP contribution < -0.4 is 5.32 Å². The molecule has 2 rings (SSSR count). The van der Waals surface area contributed by atoms with Gasteiger partial charge in [0, 0.05) is 23.3 Å². The van der Waals surface area contributed by atoms with Gasteiger partial charge < -0.3 is 5.32 Å². The number of thioether (sulfide) groups is 2. The molecule has 3 nitrogen and oxygen atoms in total. The summed E-state index contributed by atoms with van der Waals surface area (Å²) in [6, 6.07) is 0. The Balaban J connectivity index is 2.41. The predicted molar refractivity (Wildman–Crippen MR) is 95.1 cm³/mol. The number of nitrogens with zero attached hydrogens (tertiary/aromatic N) is 2. The Morgan fingerprint density at radius 1 is 1.30 bits per heavy atom. The third kappa shape index (κ3) is 3.63. The lowest BCUT2D eigenvalue weighted by molar-refractivity contribution is 0.754. The Bertz CT molecular complexity index is 468. The summed E-state index contributed by atoms with van der Waals surface area (Å²) in [5, 5.41) is 4.32. The number of hydrogen-bond donors (Lipinski definition) is 1. The molecule has 6 heteroatoms. The van der Waals surface area contributed by atoms with E-state index in [1.54, 1.807) is 0 Å². The van der Waals surface area contributed by atoms with Crippen LogP contribution in [0.3, 0.4) is 0 Å². The third-order valence-electron chi connectivity index (χ3n) is 3.23. The van der Waals surface area contributed by atoms with Crippen molar-refractivity contribution in [2.24, 2.45) is 0 Å². The largest absolute Gasteiger partial charge is 0.369 e. The summed E-state index contributed by atoms with van der Waals surface area (Å²) >= 11 is 7.67. The van der Waals surface area contributed by atoms with E-state index in [0.717, 1.165) is 28.4 Å². The van der Waals surface area contributed by atoms with Gasteiger partial charge in [-0.25, -0.2) is 9.97 Å². The third-order valence-corrected chi connectivity index (χ3v) is 7.10. The molecule has 1 N–H and O–H groups in total. The molecule has 1 fully saturated rings. The summed E-state index contributed by atoms with van der Waals surface area (Å²) in [6.07, 6.45) is 0. The topological polar surface area (TPSA) is 37.8 Å². The summed E-state index contributed by atoms with van der Waals surface area (Å²) in [6.45, 7) is 9.61. The second-order valence-electron chi connectivity index (χ2n) is 5.18. The van der Waals surface area contributed by atoms with Crippen LogP contribution in [0.1, 0.15) is 50.4 Å². The van der Waals surface area contributed by atoms with Crippen molar-refractivity contribution in [3.63, 3.8) is 0 Å². The lowest BCUT2D eigenvalue weighted by Gasteiger charge is -2.27. The lowest BCUT2D eigenvalue weighted by Crippen LogP contribution is -2.20. The molecule has 0 amide bonds. The van der Waals surface area contributed by atoms with E-state index < -0.39 is 0 Å². The molecule has 112 valence electrons. The number of rotatable bonds is 4. The monoisotopic (exact) mass is 375 g/mol. The van der Waals surface area contributed by atoms with Gasteiger partial charge in [-0.15, -0.1) is 11.8 Å². The van der Waals surface area contributed by atoms with Crippen LogP contribution in [0.2, 0.25) is 0 Å². The van der Waals surface area contributed by atoms with Crippen LogP contribution in [-0.4, -0.2) is 33.3 Å². The van der Waals surface area contributed by atoms with E-state index in [2.05, 4.69) is 48.9 Å². The van der Waals surface area contributed by atoms with Gasteiger partial charge >= 0.3 is 0 Å². The number of halogens is 1. The van der Waals surface area contributed by atoms with Crippen LogP contribution >= 0.6 is 39.5 Å². The minimum atomic E-state index is 0.389. The molecule has 1 aliphatic heterocycles. The molecule has 2 heterocycles. The summed E-state index contributed by atoms with van der Waals surface area (Å²) in [5.74, 6) is 4.73. The van der Waals surface area contributed by atoms with Crippen molar-refractivity contribution < 1.29 is 0 Å². The zero-order chi connectivity index (χ0) is 14.7. The van der Waals surface area contributed by atoms with E-state index in [1.165, 1.54) is 11.5 Å². The van der Waals surface area contributed by atoms with Gasteiger partial charge in [-0.3, -0.25) is 0 Å². The van der Waals surface area contributed by atoms with Gasteiger partial charge in [-0.1, -0.05) is 20.8 Å². The zero-order valence-corrected chi connectivity index (χ0v) is 15.7. The van der Waals surface area contributed by atoms with Crippen molar-refractivity contribution in [2.75, 3.05) is 23.4 Å². The molecule has 20 heavy (non-hydrogen) atoms. The van der Waals surface area contributed by atoms with Crippen LogP contribution in [0.25, 0.3) is 0 Å². The Morgan fingerprint density at radius 2 is 2.00 bits per heavy atom. The lowest BCUT2D eigenvalue weighted by atomic mass is 10.1. The van der Waals surface area contributed by atoms with Crippen molar-refractivity contribution in [1.29, 1.82) is 0 Å². The maximum atomic E-state index is 4.86. The molecule has 1 saturated heterocycles. The maximum absolute atomic E-state index is 4.86.